The van der Waals surface area contributed by atoms with Gasteiger partial charge >= 0.3 is 0 Å². The molecule has 1 aromatic carbocycles. The number of aliphatic carboxylic acids is 1. The van der Waals surface area contributed by atoms with Crippen LogP contribution in [0.1, 0.15) is 6.42 Å². The number of rotatable bonds is 5. The molecule has 0 aliphatic carbocycles. The molecular formula is C15H21FN3O3+. The predicted molar refractivity (Wildman–Crippen MR) is 75.8 cm³/mol. The highest BCUT2D eigenvalue weighted by Gasteiger charge is 2.30. The van der Waals surface area contributed by atoms with Crippen molar-refractivity contribution in [3.8, 4) is 0 Å². The monoisotopic (exact) mass is 310 g/mol. The van der Waals surface area contributed by atoms with E-state index >= 15 is 0 Å². The molecule has 1 amide bonds. The van der Waals surface area contributed by atoms with Gasteiger partial charge in [0, 0.05) is 5.69 Å². The summed E-state index contributed by atoms with van der Waals surface area (Å²) in [5, 5.41) is 13.9. The first-order valence-corrected chi connectivity index (χ1v) is 7.38. The van der Waals surface area contributed by atoms with Crippen molar-refractivity contribution in [2.24, 2.45) is 0 Å². The lowest BCUT2D eigenvalue weighted by Gasteiger charge is -2.33. The Bertz CT molecular complexity index is 527. The first-order valence-electron chi connectivity index (χ1n) is 7.38. The lowest BCUT2D eigenvalue weighted by molar-refractivity contribution is -1.01. The Morgan fingerprint density at radius 1 is 1.23 bits per heavy atom. The minimum atomic E-state index is -1.20. The molecule has 1 atom stereocenters. The van der Waals surface area contributed by atoms with E-state index in [1.807, 2.05) is 0 Å². The molecule has 7 heteroatoms. The molecule has 1 aliphatic rings. The Morgan fingerprint density at radius 3 is 2.36 bits per heavy atom. The highest BCUT2D eigenvalue weighted by molar-refractivity contribution is 5.93. The van der Waals surface area contributed by atoms with Crippen LogP contribution in [0, 0.1) is 5.82 Å². The number of hydrogen-bond acceptors (Lipinski definition) is 3. The van der Waals surface area contributed by atoms with Crippen LogP contribution < -0.4 is 20.2 Å². The van der Waals surface area contributed by atoms with Gasteiger partial charge in [0.05, 0.1) is 19.4 Å². The van der Waals surface area contributed by atoms with Gasteiger partial charge in [0.1, 0.15) is 38.0 Å². The minimum absolute atomic E-state index is 0.145. The summed E-state index contributed by atoms with van der Waals surface area (Å²) < 4.78 is 12.8. The molecule has 22 heavy (non-hydrogen) atoms. The third-order valence-electron chi connectivity index (χ3n) is 4.04. The quantitative estimate of drug-likeness (QED) is 0.533. The molecular weight excluding hydrogens is 289 g/mol. The standard InChI is InChI=1S/C15H20FN3O3/c1-18-6-8-19(9-7-18)13(15(21)22)10-14(20)17-12-4-2-11(16)3-5-12/h2-5,13H,6-10H2,1H3,(H,17,20)(H,21,22)/p+1/t13-/m0/s1. The molecule has 0 spiro atoms. The summed E-state index contributed by atoms with van der Waals surface area (Å²) in [7, 11) is 2.06. The second kappa shape index (κ2) is 7.33. The highest BCUT2D eigenvalue weighted by atomic mass is 19.1. The van der Waals surface area contributed by atoms with E-state index in [9.17, 15) is 19.1 Å². The van der Waals surface area contributed by atoms with Crippen LogP contribution in [-0.4, -0.2) is 51.1 Å². The van der Waals surface area contributed by atoms with Crippen molar-refractivity contribution < 1.29 is 28.9 Å². The number of carboxylic acid groups (broad SMARTS) is 1. The van der Waals surface area contributed by atoms with Crippen LogP contribution in [0.3, 0.4) is 0 Å². The Morgan fingerprint density at radius 2 is 1.82 bits per heavy atom. The van der Waals surface area contributed by atoms with Crippen molar-refractivity contribution in [1.29, 1.82) is 0 Å². The van der Waals surface area contributed by atoms with Gasteiger partial charge in [-0.1, -0.05) is 0 Å². The summed E-state index contributed by atoms with van der Waals surface area (Å²) >= 11 is 0. The van der Waals surface area contributed by atoms with Crippen LogP contribution in [0.4, 0.5) is 10.1 Å². The number of carbonyl (C=O) groups is 2. The fourth-order valence-corrected chi connectivity index (χ4v) is 2.67. The van der Waals surface area contributed by atoms with Gasteiger partial charge in [-0.2, -0.15) is 0 Å². The fourth-order valence-electron chi connectivity index (χ4n) is 2.67. The number of anilines is 1. The number of carbonyl (C=O) groups excluding carboxylic acids is 2. The summed E-state index contributed by atoms with van der Waals surface area (Å²) in [6, 6.07) is 4.50. The third kappa shape index (κ3) is 4.51. The summed E-state index contributed by atoms with van der Waals surface area (Å²) in [5.41, 5.74) is 0.446. The largest absolute Gasteiger partial charge is 0.544 e. The summed E-state index contributed by atoms with van der Waals surface area (Å²) in [6.07, 6.45) is -0.145. The Labute approximate surface area is 128 Å². The SMILES string of the molecule is C[NH+]1CC[NH+]([C@@H](CC(=O)Nc2ccc(F)cc2)C(=O)[O-])CC1. The lowest BCUT2D eigenvalue weighted by Crippen LogP contribution is -3.29. The van der Waals surface area contributed by atoms with Crippen molar-refractivity contribution in [2.45, 2.75) is 12.5 Å². The van der Waals surface area contributed by atoms with Crippen LogP contribution >= 0.6 is 0 Å². The molecule has 1 aromatic rings. The van der Waals surface area contributed by atoms with E-state index in [2.05, 4.69) is 12.4 Å². The van der Waals surface area contributed by atoms with Crippen molar-refractivity contribution >= 4 is 17.6 Å². The van der Waals surface area contributed by atoms with Gasteiger partial charge in [-0.15, -0.1) is 0 Å². The van der Waals surface area contributed by atoms with Gasteiger partial charge in [-0.05, 0) is 24.3 Å². The Kier molecular flexibility index (Phi) is 5.46. The highest BCUT2D eigenvalue weighted by Crippen LogP contribution is 2.08. The molecule has 0 bridgehead atoms. The summed E-state index contributed by atoms with van der Waals surface area (Å²) in [6.45, 7) is 3.15. The molecule has 6 nitrogen and oxygen atoms in total. The van der Waals surface area contributed by atoms with Crippen molar-refractivity contribution in [1.82, 2.24) is 0 Å². The van der Waals surface area contributed by atoms with E-state index in [0.29, 0.717) is 18.8 Å². The minimum Gasteiger partial charge on any atom is -0.544 e. The topological polar surface area (TPSA) is 78.1 Å². The molecule has 3 N–H and O–H groups in total. The van der Waals surface area contributed by atoms with Crippen LogP contribution in [0.2, 0.25) is 0 Å². The van der Waals surface area contributed by atoms with Crippen LogP contribution in [0.5, 0.6) is 0 Å². The molecule has 120 valence electrons. The van der Waals surface area contributed by atoms with Crippen LogP contribution in [-0.2, 0) is 9.59 Å². The van der Waals surface area contributed by atoms with Gasteiger partial charge in [0.15, 0.2) is 0 Å². The Hall–Kier alpha value is -1.99. The first kappa shape index (κ1) is 16.4. The van der Waals surface area contributed by atoms with Crippen molar-refractivity contribution in [3.05, 3.63) is 30.1 Å². The van der Waals surface area contributed by atoms with E-state index in [1.54, 1.807) is 0 Å². The number of likely N-dealkylation sites (N-methyl/N-ethyl adjacent to an activating group) is 1. The van der Waals surface area contributed by atoms with Crippen molar-refractivity contribution in [2.75, 3.05) is 38.5 Å². The molecule has 1 saturated heterocycles. The smallest absolute Gasteiger partial charge is 0.230 e. The van der Waals surface area contributed by atoms with Gasteiger partial charge in [-0.3, -0.25) is 4.79 Å². The van der Waals surface area contributed by atoms with Gasteiger partial charge in [-0.25, -0.2) is 4.39 Å². The molecule has 0 aromatic heterocycles. The predicted octanol–water partition coefficient (Wildman–Crippen LogP) is -3.31. The van der Waals surface area contributed by atoms with Crippen molar-refractivity contribution in [3.63, 3.8) is 0 Å². The zero-order valence-corrected chi connectivity index (χ0v) is 12.5. The molecule has 1 aliphatic heterocycles. The number of carboxylic acids is 1. The molecule has 0 radical (unpaired) electrons. The number of amides is 1. The number of halogens is 1. The maximum Gasteiger partial charge on any atom is 0.230 e. The number of quaternary nitrogens is 2. The normalized spacial score (nSPS) is 22.8. The fraction of sp³-hybridized carbons (Fsp3) is 0.467. The average Bonchev–Trinajstić information content (AvgIpc) is 2.48. The number of benzene rings is 1. The summed E-state index contributed by atoms with van der Waals surface area (Å²) in [4.78, 5) is 25.6. The maximum absolute atomic E-state index is 12.8. The molecule has 1 fully saturated rings. The lowest BCUT2D eigenvalue weighted by atomic mass is 10.1. The number of hydrogen-bond donors (Lipinski definition) is 3. The average molecular weight is 310 g/mol. The zero-order chi connectivity index (χ0) is 16.1. The van der Waals surface area contributed by atoms with E-state index in [1.165, 1.54) is 29.2 Å². The summed E-state index contributed by atoms with van der Waals surface area (Å²) in [5.74, 6) is -2.00. The zero-order valence-electron chi connectivity index (χ0n) is 12.5. The van der Waals surface area contributed by atoms with E-state index in [-0.39, 0.29) is 6.42 Å². The van der Waals surface area contributed by atoms with Gasteiger partial charge in [0.2, 0.25) is 5.91 Å². The molecule has 0 unspecified atom stereocenters. The maximum atomic E-state index is 12.8. The molecule has 2 rings (SSSR count). The second-order valence-electron chi connectivity index (χ2n) is 5.75. The number of piperazine rings is 1. The van der Waals surface area contributed by atoms with E-state index in [0.717, 1.165) is 18.0 Å². The van der Waals surface area contributed by atoms with Crippen LogP contribution in [0.25, 0.3) is 0 Å². The van der Waals surface area contributed by atoms with Gasteiger partial charge in [0.25, 0.3) is 0 Å². The van der Waals surface area contributed by atoms with E-state index in [4.69, 9.17) is 0 Å². The molecule has 1 heterocycles. The van der Waals surface area contributed by atoms with Gasteiger partial charge < -0.3 is 25.0 Å². The first-order chi connectivity index (χ1) is 10.5. The Balaban J connectivity index is 1.94. The third-order valence-corrected chi connectivity index (χ3v) is 4.04. The van der Waals surface area contributed by atoms with Crippen LogP contribution in [0.15, 0.2) is 24.3 Å². The molecule has 0 saturated carbocycles. The van der Waals surface area contributed by atoms with E-state index < -0.39 is 23.7 Å². The number of nitrogens with one attached hydrogen (secondary N) is 3. The second-order valence-corrected chi connectivity index (χ2v) is 5.75.